The van der Waals surface area contributed by atoms with Crippen LogP contribution in [0.4, 0.5) is 0 Å². The van der Waals surface area contributed by atoms with E-state index in [4.69, 9.17) is 16.3 Å². The Morgan fingerprint density at radius 1 is 1.45 bits per heavy atom. The van der Waals surface area contributed by atoms with E-state index >= 15 is 0 Å². The van der Waals surface area contributed by atoms with Crippen LogP contribution in [0.5, 0.6) is 0 Å². The van der Waals surface area contributed by atoms with Crippen molar-refractivity contribution >= 4 is 28.4 Å². The van der Waals surface area contributed by atoms with E-state index in [9.17, 15) is 4.79 Å². The number of ether oxygens (including phenoxy) is 1. The number of hydrogen-bond acceptors (Lipinski definition) is 3. The molecule has 1 saturated heterocycles. The highest BCUT2D eigenvalue weighted by atomic mass is 35.5. The largest absolute Gasteiger partial charge is 0.374 e. The highest BCUT2D eigenvalue weighted by Crippen LogP contribution is 2.29. The first-order valence-electron chi connectivity index (χ1n) is 7.40. The molecule has 1 N–H and O–H groups in total. The molecule has 1 fully saturated rings. The minimum Gasteiger partial charge on any atom is -0.374 e. The van der Waals surface area contributed by atoms with Crippen molar-refractivity contribution in [1.29, 1.82) is 0 Å². The van der Waals surface area contributed by atoms with Crippen LogP contribution in [0.1, 0.15) is 31.1 Å². The molecule has 0 spiro atoms. The first-order chi connectivity index (χ1) is 10.4. The molecule has 1 atom stereocenters. The summed E-state index contributed by atoms with van der Waals surface area (Å²) in [5, 5.41) is 8.21. The fourth-order valence-corrected chi connectivity index (χ4v) is 2.95. The second kappa shape index (κ2) is 5.56. The fourth-order valence-electron chi connectivity index (χ4n) is 2.71. The summed E-state index contributed by atoms with van der Waals surface area (Å²) in [7, 11) is 0. The summed E-state index contributed by atoms with van der Waals surface area (Å²) in [5.74, 6) is -0.0719. The zero-order valence-corrected chi connectivity index (χ0v) is 13.8. The lowest BCUT2D eigenvalue weighted by molar-refractivity contribution is -0.0706. The van der Waals surface area contributed by atoms with Gasteiger partial charge in [-0.15, -0.1) is 0 Å². The molecule has 22 heavy (non-hydrogen) atoms. The number of aromatic amines is 1. The number of nitrogens with zero attached hydrogens (tertiary/aromatic N) is 2. The Morgan fingerprint density at radius 3 is 2.95 bits per heavy atom. The summed E-state index contributed by atoms with van der Waals surface area (Å²) in [4.78, 5) is 14.8. The summed E-state index contributed by atoms with van der Waals surface area (Å²) >= 11 is 6.27. The summed E-state index contributed by atoms with van der Waals surface area (Å²) in [6.07, 6.45) is 1.71. The number of H-pyrrole nitrogens is 1. The zero-order chi connectivity index (χ0) is 15.9. The van der Waals surface area contributed by atoms with Gasteiger partial charge in [0.05, 0.1) is 35.0 Å². The predicted molar refractivity (Wildman–Crippen MR) is 86.2 cm³/mol. The molecule has 0 radical (unpaired) electrons. The van der Waals surface area contributed by atoms with E-state index in [-0.39, 0.29) is 17.4 Å². The van der Waals surface area contributed by atoms with Gasteiger partial charge in [0, 0.05) is 18.5 Å². The molecule has 1 aromatic carbocycles. The third kappa shape index (κ3) is 2.71. The number of amides is 1. The Morgan fingerprint density at radius 2 is 2.23 bits per heavy atom. The van der Waals surface area contributed by atoms with Crippen LogP contribution in [0.25, 0.3) is 10.9 Å². The average Bonchev–Trinajstić information content (AvgIpc) is 2.94. The number of aromatic nitrogens is 2. The van der Waals surface area contributed by atoms with Gasteiger partial charge in [0.1, 0.15) is 0 Å². The molecule has 2 aromatic rings. The number of morpholine rings is 1. The van der Waals surface area contributed by atoms with Gasteiger partial charge in [0.25, 0.3) is 5.91 Å². The van der Waals surface area contributed by atoms with E-state index in [1.807, 2.05) is 11.0 Å². The molecule has 0 saturated carbocycles. The predicted octanol–water partition coefficient (Wildman–Crippen LogP) is 3.10. The van der Waals surface area contributed by atoms with Crippen molar-refractivity contribution in [2.24, 2.45) is 5.41 Å². The number of carbonyl (C=O) groups is 1. The minimum absolute atomic E-state index is 0.0112. The number of fused-ring (bicyclic) bond motifs is 1. The second-order valence-electron chi connectivity index (χ2n) is 6.73. The summed E-state index contributed by atoms with van der Waals surface area (Å²) in [6.45, 7) is 8.05. The van der Waals surface area contributed by atoms with Crippen LogP contribution in [-0.2, 0) is 4.74 Å². The number of benzene rings is 1. The quantitative estimate of drug-likeness (QED) is 0.878. The third-order valence-electron chi connectivity index (χ3n) is 4.10. The van der Waals surface area contributed by atoms with Gasteiger partial charge in [0.2, 0.25) is 0 Å². The maximum absolute atomic E-state index is 12.9. The van der Waals surface area contributed by atoms with E-state index in [1.165, 1.54) is 0 Å². The Labute approximate surface area is 134 Å². The van der Waals surface area contributed by atoms with Crippen LogP contribution >= 0.6 is 11.6 Å². The molecule has 1 aliphatic heterocycles. The molecule has 6 heteroatoms. The molecular weight excluding hydrogens is 302 g/mol. The lowest BCUT2D eigenvalue weighted by Crippen LogP contribution is -2.50. The van der Waals surface area contributed by atoms with E-state index in [2.05, 4.69) is 31.0 Å². The molecule has 0 bridgehead atoms. The van der Waals surface area contributed by atoms with E-state index in [0.29, 0.717) is 35.8 Å². The Bertz CT molecular complexity index is 705. The standard InChI is InChI=1S/C16H20ClN3O2/c1-16(2,3)12-9-20(6-7-22-12)15(21)13-11(17)5-4-10-8-18-19-14(10)13/h4-5,8,12H,6-7,9H2,1-3H3,(H,18,19). The first-order valence-corrected chi connectivity index (χ1v) is 7.78. The molecule has 2 heterocycles. The van der Waals surface area contributed by atoms with Crippen LogP contribution in [0.3, 0.4) is 0 Å². The molecule has 5 nitrogen and oxygen atoms in total. The number of halogens is 1. The summed E-state index contributed by atoms with van der Waals surface area (Å²) in [6, 6.07) is 3.60. The zero-order valence-electron chi connectivity index (χ0n) is 13.0. The molecule has 1 aromatic heterocycles. The SMILES string of the molecule is CC(C)(C)C1CN(C(=O)c2c(Cl)ccc3cn[nH]c23)CCO1. The van der Waals surface area contributed by atoms with Crippen molar-refractivity contribution in [2.45, 2.75) is 26.9 Å². The van der Waals surface area contributed by atoms with Crippen molar-refractivity contribution < 1.29 is 9.53 Å². The molecule has 1 amide bonds. The van der Waals surface area contributed by atoms with Gasteiger partial charge in [-0.3, -0.25) is 9.89 Å². The lowest BCUT2D eigenvalue weighted by Gasteiger charge is -2.39. The van der Waals surface area contributed by atoms with Gasteiger partial charge >= 0.3 is 0 Å². The van der Waals surface area contributed by atoms with Crippen molar-refractivity contribution in [3.8, 4) is 0 Å². The number of rotatable bonds is 1. The van der Waals surface area contributed by atoms with E-state index < -0.39 is 0 Å². The van der Waals surface area contributed by atoms with E-state index in [0.717, 1.165) is 5.39 Å². The second-order valence-corrected chi connectivity index (χ2v) is 7.14. The van der Waals surface area contributed by atoms with Crippen LogP contribution in [0.2, 0.25) is 5.02 Å². The fraction of sp³-hybridized carbons (Fsp3) is 0.500. The van der Waals surface area contributed by atoms with Gasteiger partial charge < -0.3 is 9.64 Å². The third-order valence-corrected chi connectivity index (χ3v) is 4.42. The van der Waals surface area contributed by atoms with Crippen LogP contribution in [0, 0.1) is 5.41 Å². The molecule has 118 valence electrons. The molecular formula is C16H20ClN3O2. The number of hydrogen-bond donors (Lipinski definition) is 1. The average molecular weight is 322 g/mol. The minimum atomic E-state index is -0.0719. The first kappa shape index (κ1) is 15.3. The van der Waals surface area contributed by atoms with E-state index in [1.54, 1.807) is 12.3 Å². The lowest BCUT2D eigenvalue weighted by atomic mass is 9.88. The van der Waals surface area contributed by atoms with Gasteiger partial charge in [-0.2, -0.15) is 5.10 Å². The van der Waals surface area contributed by atoms with Crippen molar-refractivity contribution in [3.63, 3.8) is 0 Å². The molecule has 1 unspecified atom stereocenters. The molecule has 0 aliphatic carbocycles. The Kier molecular flexibility index (Phi) is 3.87. The topological polar surface area (TPSA) is 58.2 Å². The Balaban J connectivity index is 1.92. The van der Waals surface area contributed by atoms with Crippen LogP contribution in [0.15, 0.2) is 18.3 Å². The molecule has 1 aliphatic rings. The maximum Gasteiger partial charge on any atom is 0.257 e. The highest BCUT2D eigenvalue weighted by Gasteiger charge is 2.33. The van der Waals surface area contributed by atoms with Gasteiger partial charge in [-0.1, -0.05) is 32.4 Å². The van der Waals surface area contributed by atoms with Gasteiger partial charge in [-0.05, 0) is 17.5 Å². The number of nitrogens with one attached hydrogen (secondary N) is 1. The Hall–Kier alpha value is -1.59. The molecule has 3 rings (SSSR count). The van der Waals surface area contributed by atoms with Crippen molar-refractivity contribution in [3.05, 3.63) is 28.9 Å². The summed E-state index contributed by atoms with van der Waals surface area (Å²) in [5.41, 5.74) is 1.17. The smallest absolute Gasteiger partial charge is 0.257 e. The highest BCUT2D eigenvalue weighted by molar-refractivity contribution is 6.35. The normalized spacial score (nSPS) is 19.6. The maximum atomic E-state index is 12.9. The van der Waals surface area contributed by atoms with Gasteiger partial charge in [0.15, 0.2) is 0 Å². The summed E-state index contributed by atoms with van der Waals surface area (Å²) < 4.78 is 5.81. The monoisotopic (exact) mass is 321 g/mol. The number of carbonyl (C=O) groups excluding carboxylic acids is 1. The van der Waals surface area contributed by atoms with Gasteiger partial charge in [-0.25, -0.2) is 0 Å². The van der Waals surface area contributed by atoms with Crippen molar-refractivity contribution in [2.75, 3.05) is 19.7 Å². The van der Waals surface area contributed by atoms with Crippen molar-refractivity contribution in [1.82, 2.24) is 15.1 Å². The van der Waals surface area contributed by atoms with Crippen LogP contribution < -0.4 is 0 Å². The van der Waals surface area contributed by atoms with Crippen LogP contribution in [-0.4, -0.2) is 46.8 Å².